The topological polar surface area (TPSA) is 84.6 Å². The lowest BCUT2D eigenvalue weighted by atomic mass is 10.0. The SMILES string of the molecule is O=C(Nc1ccc(Cl)c(C2=Nc3ncc(CC(=O)C4CC4)cc3C2)c1)c1ccco1. The Kier molecular flexibility index (Phi) is 4.71. The average Bonchev–Trinajstić information content (AvgIpc) is 3.28. The largest absolute Gasteiger partial charge is 0.459 e. The summed E-state index contributed by atoms with van der Waals surface area (Å²) in [6, 6.07) is 10.5. The number of nitrogens with one attached hydrogen (secondary N) is 1. The monoisotopic (exact) mass is 419 g/mol. The summed E-state index contributed by atoms with van der Waals surface area (Å²) < 4.78 is 5.13. The van der Waals surface area contributed by atoms with Crippen LogP contribution >= 0.6 is 11.6 Å². The number of halogens is 1. The molecule has 1 aliphatic heterocycles. The lowest BCUT2D eigenvalue weighted by Crippen LogP contribution is -2.12. The lowest BCUT2D eigenvalue weighted by molar-refractivity contribution is -0.119. The van der Waals surface area contributed by atoms with Crippen LogP contribution in [0.5, 0.6) is 0 Å². The highest BCUT2D eigenvalue weighted by molar-refractivity contribution is 6.34. The van der Waals surface area contributed by atoms with Gasteiger partial charge in [-0.2, -0.15) is 0 Å². The molecule has 5 rings (SSSR count). The second kappa shape index (κ2) is 7.54. The van der Waals surface area contributed by atoms with E-state index in [0.717, 1.165) is 35.2 Å². The number of hydrogen-bond donors (Lipinski definition) is 1. The Morgan fingerprint density at radius 2 is 2.07 bits per heavy atom. The number of nitrogens with zero attached hydrogens (tertiary/aromatic N) is 2. The normalized spacial score (nSPS) is 14.9. The Bertz CT molecular complexity index is 1180. The molecule has 1 saturated carbocycles. The van der Waals surface area contributed by atoms with Gasteiger partial charge >= 0.3 is 0 Å². The molecule has 1 aliphatic carbocycles. The minimum atomic E-state index is -0.337. The third-order valence-corrected chi connectivity index (χ3v) is 5.62. The van der Waals surface area contributed by atoms with Gasteiger partial charge in [0.15, 0.2) is 11.6 Å². The maximum atomic E-state index is 12.2. The predicted octanol–water partition coefficient (Wildman–Crippen LogP) is 4.78. The second-order valence-electron chi connectivity index (χ2n) is 7.60. The van der Waals surface area contributed by atoms with Crippen molar-refractivity contribution in [2.75, 3.05) is 5.32 Å². The number of pyridine rings is 1. The third-order valence-electron chi connectivity index (χ3n) is 5.29. The van der Waals surface area contributed by atoms with Crippen LogP contribution in [0.25, 0.3) is 0 Å². The quantitative estimate of drug-likeness (QED) is 0.623. The maximum Gasteiger partial charge on any atom is 0.291 e. The molecule has 3 aromatic rings. The Hall–Kier alpha value is -3.25. The molecule has 1 aromatic carbocycles. The Morgan fingerprint density at radius 1 is 1.20 bits per heavy atom. The van der Waals surface area contributed by atoms with Gasteiger partial charge in [0.05, 0.1) is 12.0 Å². The molecule has 7 heteroatoms. The van der Waals surface area contributed by atoms with E-state index >= 15 is 0 Å². The van der Waals surface area contributed by atoms with Crippen LogP contribution in [0.2, 0.25) is 5.02 Å². The van der Waals surface area contributed by atoms with Crippen LogP contribution in [0.15, 0.2) is 58.3 Å². The fraction of sp³-hybridized carbons (Fsp3) is 0.217. The highest BCUT2D eigenvalue weighted by atomic mass is 35.5. The highest BCUT2D eigenvalue weighted by Crippen LogP contribution is 2.33. The molecule has 3 heterocycles. The first-order valence-electron chi connectivity index (χ1n) is 9.79. The van der Waals surface area contributed by atoms with Gasteiger partial charge < -0.3 is 9.73 Å². The van der Waals surface area contributed by atoms with Crippen LogP contribution in [0.3, 0.4) is 0 Å². The predicted molar refractivity (Wildman–Crippen MR) is 114 cm³/mol. The van der Waals surface area contributed by atoms with Crippen molar-refractivity contribution >= 4 is 40.5 Å². The van der Waals surface area contributed by atoms with Crippen LogP contribution in [-0.2, 0) is 17.6 Å². The summed E-state index contributed by atoms with van der Waals surface area (Å²) in [5.41, 5.74) is 4.02. The number of aromatic nitrogens is 1. The molecule has 0 unspecified atom stereocenters. The molecule has 0 spiro atoms. The fourth-order valence-electron chi connectivity index (χ4n) is 3.56. The number of anilines is 1. The fourth-order valence-corrected chi connectivity index (χ4v) is 3.79. The van der Waals surface area contributed by atoms with E-state index in [0.29, 0.717) is 35.2 Å². The summed E-state index contributed by atoms with van der Waals surface area (Å²) >= 11 is 6.42. The summed E-state index contributed by atoms with van der Waals surface area (Å²) in [5.74, 6) is 1.07. The van der Waals surface area contributed by atoms with Gasteiger partial charge in [-0.25, -0.2) is 9.98 Å². The summed E-state index contributed by atoms with van der Waals surface area (Å²) in [5, 5.41) is 3.35. The minimum Gasteiger partial charge on any atom is -0.459 e. The van der Waals surface area contributed by atoms with Gasteiger partial charge in [-0.15, -0.1) is 0 Å². The molecular formula is C23H18ClN3O3. The standard InChI is InChI=1S/C23H18ClN3O3/c24-18-6-5-16(26-23(29)21-2-1-7-30-21)11-17(18)19-10-15-8-13(12-25-22(15)27-19)9-20(28)14-3-4-14/h1-2,5-8,11-12,14H,3-4,9-10H2,(H,26,29). The van der Waals surface area contributed by atoms with Gasteiger partial charge in [0.1, 0.15) is 5.78 Å². The molecule has 2 aromatic heterocycles. The zero-order chi connectivity index (χ0) is 20.7. The van der Waals surface area contributed by atoms with Gasteiger partial charge in [-0.1, -0.05) is 11.6 Å². The first kappa shape index (κ1) is 18.8. The number of ketones is 1. The number of carbonyl (C=O) groups excluding carboxylic acids is 2. The van der Waals surface area contributed by atoms with Gasteiger partial charge in [0, 0.05) is 46.8 Å². The summed E-state index contributed by atoms with van der Waals surface area (Å²) in [6.07, 6.45) is 6.20. The van der Waals surface area contributed by atoms with Crippen LogP contribution in [0.4, 0.5) is 11.5 Å². The van der Waals surface area contributed by atoms with E-state index in [1.807, 2.05) is 6.07 Å². The molecule has 2 aliphatic rings. The smallest absolute Gasteiger partial charge is 0.291 e. The molecular weight excluding hydrogens is 402 g/mol. The van der Waals surface area contributed by atoms with E-state index < -0.39 is 0 Å². The number of Topliss-reactive ketones (excluding diaryl/α,β-unsaturated/α-hetero) is 1. The zero-order valence-electron chi connectivity index (χ0n) is 16.0. The van der Waals surface area contributed by atoms with E-state index in [2.05, 4.69) is 15.3 Å². The lowest BCUT2D eigenvalue weighted by Gasteiger charge is -2.08. The number of aliphatic imine (C=N–C) groups is 1. The first-order valence-corrected chi connectivity index (χ1v) is 10.2. The molecule has 30 heavy (non-hydrogen) atoms. The Morgan fingerprint density at radius 3 is 2.83 bits per heavy atom. The average molecular weight is 420 g/mol. The molecule has 1 amide bonds. The number of furan rings is 1. The third kappa shape index (κ3) is 3.78. The first-order chi connectivity index (χ1) is 14.6. The van der Waals surface area contributed by atoms with Crippen molar-refractivity contribution in [2.45, 2.75) is 25.7 Å². The number of amides is 1. The minimum absolute atomic E-state index is 0.231. The van der Waals surface area contributed by atoms with E-state index in [1.165, 1.54) is 6.26 Å². The molecule has 6 nitrogen and oxygen atoms in total. The molecule has 1 N–H and O–H groups in total. The maximum absolute atomic E-state index is 12.2. The number of benzene rings is 1. The van der Waals surface area contributed by atoms with Gasteiger partial charge in [-0.05, 0) is 54.8 Å². The van der Waals surface area contributed by atoms with Gasteiger partial charge in [0.2, 0.25) is 0 Å². The van der Waals surface area contributed by atoms with Crippen molar-refractivity contribution in [3.63, 3.8) is 0 Å². The van der Waals surface area contributed by atoms with Crippen molar-refractivity contribution in [3.05, 3.63) is 76.3 Å². The second-order valence-corrected chi connectivity index (χ2v) is 8.01. The number of fused-ring (bicyclic) bond motifs is 1. The van der Waals surface area contributed by atoms with Crippen molar-refractivity contribution < 1.29 is 14.0 Å². The van der Waals surface area contributed by atoms with E-state index in [4.69, 9.17) is 16.0 Å². The molecule has 0 atom stereocenters. The Balaban J connectivity index is 1.35. The number of hydrogen-bond acceptors (Lipinski definition) is 5. The van der Waals surface area contributed by atoms with Crippen molar-refractivity contribution in [2.24, 2.45) is 10.9 Å². The summed E-state index contributed by atoms with van der Waals surface area (Å²) in [7, 11) is 0. The molecule has 150 valence electrons. The van der Waals surface area contributed by atoms with Crippen LogP contribution in [0, 0.1) is 5.92 Å². The summed E-state index contributed by atoms with van der Waals surface area (Å²) in [6.45, 7) is 0. The van der Waals surface area contributed by atoms with Crippen molar-refractivity contribution in [1.82, 2.24) is 4.98 Å². The van der Waals surface area contributed by atoms with E-state index in [-0.39, 0.29) is 17.6 Å². The molecule has 0 bridgehead atoms. The van der Waals surface area contributed by atoms with Crippen LogP contribution in [-0.4, -0.2) is 22.4 Å². The number of carbonyl (C=O) groups is 2. The van der Waals surface area contributed by atoms with Gasteiger partial charge in [0.25, 0.3) is 5.91 Å². The summed E-state index contributed by atoms with van der Waals surface area (Å²) in [4.78, 5) is 33.4. The van der Waals surface area contributed by atoms with Crippen molar-refractivity contribution in [3.8, 4) is 0 Å². The molecule has 0 radical (unpaired) electrons. The van der Waals surface area contributed by atoms with E-state index in [9.17, 15) is 9.59 Å². The van der Waals surface area contributed by atoms with Gasteiger partial charge in [-0.3, -0.25) is 9.59 Å². The van der Waals surface area contributed by atoms with Crippen molar-refractivity contribution in [1.29, 1.82) is 0 Å². The van der Waals surface area contributed by atoms with E-state index in [1.54, 1.807) is 36.5 Å². The number of rotatable bonds is 6. The van der Waals surface area contributed by atoms with Crippen LogP contribution in [0.1, 0.15) is 40.1 Å². The zero-order valence-corrected chi connectivity index (χ0v) is 16.8. The highest BCUT2D eigenvalue weighted by Gasteiger charge is 2.29. The molecule has 1 fully saturated rings. The van der Waals surface area contributed by atoms with Crippen LogP contribution < -0.4 is 5.32 Å². The molecule has 0 saturated heterocycles. The Labute approximate surface area is 178 Å².